The predicted octanol–water partition coefficient (Wildman–Crippen LogP) is 1.64. The molecular weight excluding hydrogens is 206 g/mol. The van der Waals surface area contributed by atoms with E-state index in [0.717, 1.165) is 38.6 Å². The fourth-order valence-electron chi connectivity index (χ4n) is 1.70. The summed E-state index contributed by atoms with van der Waals surface area (Å²) in [5, 5.41) is 2.93. The van der Waals surface area contributed by atoms with Gasteiger partial charge >= 0.3 is 5.97 Å². The number of carbonyl (C=O) groups excluding carboxylic acids is 2. The number of ether oxygens (including phenoxy) is 1. The maximum Gasteiger partial charge on any atom is 0.305 e. The summed E-state index contributed by atoms with van der Waals surface area (Å²) in [6, 6.07) is 0. The van der Waals surface area contributed by atoms with Crippen molar-refractivity contribution >= 4 is 11.9 Å². The molecule has 0 saturated heterocycles. The molecule has 0 bridgehead atoms. The van der Waals surface area contributed by atoms with Gasteiger partial charge in [-0.1, -0.05) is 12.8 Å². The molecule has 1 amide bonds. The lowest BCUT2D eigenvalue weighted by Crippen LogP contribution is -2.34. The summed E-state index contributed by atoms with van der Waals surface area (Å²) in [5.41, 5.74) is 0. The topological polar surface area (TPSA) is 55.4 Å². The monoisotopic (exact) mass is 227 g/mol. The minimum atomic E-state index is -0.154. The highest BCUT2D eigenvalue weighted by Gasteiger charge is 2.24. The Morgan fingerprint density at radius 2 is 2.00 bits per heavy atom. The number of hydrogen-bond donors (Lipinski definition) is 1. The van der Waals surface area contributed by atoms with E-state index < -0.39 is 0 Å². The van der Waals surface area contributed by atoms with Crippen molar-refractivity contribution in [2.24, 2.45) is 5.92 Å². The molecule has 1 fully saturated rings. The second-order valence-electron chi connectivity index (χ2n) is 4.31. The standard InChI is InChI=1S/C12H21NO3/c1-16-11(14)8-3-2-4-9-13-12(15)10-6-5-7-10/h10H,2-9H2,1H3,(H,13,15). The van der Waals surface area contributed by atoms with Crippen molar-refractivity contribution in [2.45, 2.75) is 44.9 Å². The van der Waals surface area contributed by atoms with Crippen LogP contribution in [0.25, 0.3) is 0 Å². The van der Waals surface area contributed by atoms with E-state index >= 15 is 0 Å². The molecule has 1 saturated carbocycles. The molecule has 0 spiro atoms. The lowest BCUT2D eigenvalue weighted by molar-refractivity contribution is -0.140. The number of amides is 1. The Labute approximate surface area is 96.7 Å². The van der Waals surface area contributed by atoms with Crippen LogP contribution in [0.3, 0.4) is 0 Å². The van der Waals surface area contributed by atoms with Gasteiger partial charge in [0.2, 0.25) is 5.91 Å². The fourth-order valence-corrected chi connectivity index (χ4v) is 1.70. The first-order chi connectivity index (χ1) is 7.74. The molecule has 4 heteroatoms. The molecule has 0 aliphatic heterocycles. The fraction of sp³-hybridized carbons (Fsp3) is 0.833. The lowest BCUT2D eigenvalue weighted by atomic mass is 9.85. The van der Waals surface area contributed by atoms with Crippen LogP contribution in [-0.2, 0) is 14.3 Å². The highest BCUT2D eigenvalue weighted by Crippen LogP contribution is 2.26. The van der Waals surface area contributed by atoms with Crippen LogP contribution < -0.4 is 5.32 Å². The number of hydrogen-bond acceptors (Lipinski definition) is 3. The Hall–Kier alpha value is -1.06. The van der Waals surface area contributed by atoms with Crippen LogP contribution in [0, 0.1) is 5.92 Å². The van der Waals surface area contributed by atoms with E-state index in [1.165, 1.54) is 13.5 Å². The first-order valence-corrected chi connectivity index (χ1v) is 6.08. The summed E-state index contributed by atoms with van der Waals surface area (Å²) in [7, 11) is 1.40. The molecular formula is C12H21NO3. The number of unbranched alkanes of at least 4 members (excludes halogenated alkanes) is 2. The van der Waals surface area contributed by atoms with E-state index in [-0.39, 0.29) is 17.8 Å². The lowest BCUT2D eigenvalue weighted by Gasteiger charge is -2.23. The zero-order valence-electron chi connectivity index (χ0n) is 9.96. The summed E-state index contributed by atoms with van der Waals surface area (Å²) in [5.74, 6) is 0.327. The third-order valence-corrected chi connectivity index (χ3v) is 3.06. The van der Waals surface area contributed by atoms with Gasteiger partial charge in [0, 0.05) is 18.9 Å². The summed E-state index contributed by atoms with van der Waals surface area (Å²) in [6.07, 6.45) is 6.51. The molecule has 1 rings (SSSR count). The van der Waals surface area contributed by atoms with Crippen molar-refractivity contribution in [3.05, 3.63) is 0 Å². The van der Waals surface area contributed by atoms with Gasteiger partial charge in [-0.2, -0.15) is 0 Å². The summed E-state index contributed by atoms with van der Waals surface area (Å²) < 4.78 is 4.54. The van der Waals surface area contributed by atoms with Gasteiger partial charge in [0.1, 0.15) is 0 Å². The van der Waals surface area contributed by atoms with Crippen LogP contribution in [0.1, 0.15) is 44.9 Å². The average molecular weight is 227 g/mol. The third-order valence-electron chi connectivity index (χ3n) is 3.06. The second kappa shape index (κ2) is 7.25. The third kappa shape index (κ3) is 4.64. The van der Waals surface area contributed by atoms with Crippen molar-refractivity contribution in [3.63, 3.8) is 0 Å². The van der Waals surface area contributed by atoms with Crippen LogP contribution >= 0.6 is 0 Å². The number of nitrogens with one attached hydrogen (secondary N) is 1. The maximum absolute atomic E-state index is 11.4. The van der Waals surface area contributed by atoms with E-state index in [0.29, 0.717) is 6.42 Å². The minimum absolute atomic E-state index is 0.154. The van der Waals surface area contributed by atoms with E-state index in [1.54, 1.807) is 0 Å². The molecule has 1 N–H and O–H groups in total. The molecule has 0 heterocycles. The molecule has 0 aromatic carbocycles. The molecule has 0 unspecified atom stereocenters. The molecule has 16 heavy (non-hydrogen) atoms. The zero-order chi connectivity index (χ0) is 11.8. The highest BCUT2D eigenvalue weighted by atomic mass is 16.5. The number of rotatable bonds is 7. The van der Waals surface area contributed by atoms with Crippen LogP contribution in [0.4, 0.5) is 0 Å². The van der Waals surface area contributed by atoms with Crippen LogP contribution in [0.5, 0.6) is 0 Å². The number of carbonyl (C=O) groups is 2. The second-order valence-corrected chi connectivity index (χ2v) is 4.31. The van der Waals surface area contributed by atoms with Crippen molar-refractivity contribution in [1.29, 1.82) is 0 Å². The number of methoxy groups -OCH3 is 1. The molecule has 0 aromatic heterocycles. The largest absolute Gasteiger partial charge is 0.469 e. The van der Waals surface area contributed by atoms with Crippen molar-refractivity contribution in [2.75, 3.05) is 13.7 Å². The molecule has 0 atom stereocenters. The highest BCUT2D eigenvalue weighted by molar-refractivity contribution is 5.79. The van der Waals surface area contributed by atoms with Crippen LogP contribution in [-0.4, -0.2) is 25.5 Å². The van der Waals surface area contributed by atoms with Gasteiger partial charge in [-0.05, 0) is 25.7 Å². The Bertz CT molecular complexity index is 236. The Morgan fingerprint density at radius 1 is 1.25 bits per heavy atom. The van der Waals surface area contributed by atoms with Gasteiger partial charge in [-0.3, -0.25) is 9.59 Å². The molecule has 1 aliphatic carbocycles. The van der Waals surface area contributed by atoms with Crippen molar-refractivity contribution in [3.8, 4) is 0 Å². The maximum atomic E-state index is 11.4. The predicted molar refractivity (Wildman–Crippen MR) is 60.8 cm³/mol. The number of esters is 1. The molecule has 0 radical (unpaired) electrons. The first kappa shape index (κ1) is 13.0. The van der Waals surface area contributed by atoms with Crippen molar-refractivity contribution in [1.82, 2.24) is 5.32 Å². The van der Waals surface area contributed by atoms with Gasteiger partial charge < -0.3 is 10.1 Å². The Balaban J connectivity index is 1.87. The SMILES string of the molecule is COC(=O)CCCCCNC(=O)C1CCC1. The van der Waals surface area contributed by atoms with Gasteiger partial charge in [-0.25, -0.2) is 0 Å². The molecule has 92 valence electrons. The first-order valence-electron chi connectivity index (χ1n) is 6.08. The van der Waals surface area contributed by atoms with Gasteiger partial charge in [0.15, 0.2) is 0 Å². The van der Waals surface area contributed by atoms with E-state index in [4.69, 9.17) is 0 Å². The Morgan fingerprint density at radius 3 is 2.56 bits per heavy atom. The summed E-state index contributed by atoms with van der Waals surface area (Å²) in [4.78, 5) is 22.2. The van der Waals surface area contributed by atoms with E-state index in [2.05, 4.69) is 10.1 Å². The van der Waals surface area contributed by atoms with Crippen LogP contribution in [0.15, 0.2) is 0 Å². The van der Waals surface area contributed by atoms with Crippen LogP contribution in [0.2, 0.25) is 0 Å². The summed E-state index contributed by atoms with van der Waals surface area (Å²) in [6.45, 7) is 0.733. The van der Waals surface area contributed by atoms with Gasteiger partial charge in [0.25, 0.3) is 0 Å². The normalized spacial score (nSPS) is 15.3. The average Bonchev–Trinajstić information content (AvgIpc) is 2.20. The smallest absolute Gasteiger partial charge is 0.305 e. The molecule has 4 nitrogen and oxygen atoms in total. The quantitative estimate of drug-likeness (QED) is 0.531. The van der Waals surface area contributed by atoms with Crippen molar-refractivity contribution < 1.29 is 14.3 Å². The molecule has 0 aromatic rings. The van der Waals surface area contributed by atoms with E-state index in [1.807, 2.05) is 0 Å². The van der Waals surface area contributed by atoms with Gasteiger partial charge in [-0.15, -0.1) is 0 Å². The minimum Gasteiger partial charge on any atom is -0.469 e. The molecule has 1 aliphatic rings. The Kier molecular flexibility index (Phi) is 5.90. The zero-order valence-corrected chi connectivity index (χ0v) is 9.96. The van der Waals surface area contributed by atoms with E-state index in [9.17, 15) is 9.59 Å². The van der Waals surface area contributed by atoms with Gasteiger partial charge in [0.05, 0.1) is 7.11 Å². The summed E-state index contributed by atoms with van der Waals surface area (Å²) >= 11 is 0.